The first-order chi connectivity index (χ1) is 9.99. The molecule has 0 bridgehead atoms. The van der Waals surface area contributed by atoms with Gasteiger partial charge in [0.15, 0.2) is 5.69 Å². The highest BCUT2D eigenvalue weighted by Gasteiger charge is 2.21. The molecule has 110 valence electrons. The molecule has 5 nitrogen and oxygen atoms in total. The predicted octanol–water partition coefficient (Wildman–Crippen LogP) is 2.19. The van der Waals surface area contributed by atoms with Crippen molar-refractivity contribution in [1.29, 1.82) is 0 Å². The molecular weight excluding hydrogens is 266 g/mol. The van der Waals surface area contributed by atoms with Gasteiger partial charge in [-0.2, -0.15) is 0 Å². The molecule has 0 saturated carbocycles. The van der Waals surface area contributed by atoms with Crippen LogP contribution in [0.4, 0.5) is 0 Å². The molecule has 0 aliphatic carbocycles. The van der Waals surface area contributed by atoms with Crippen molar-refractivity contribution in [3.8, 4) is 5.75 Å². The Hall–Kier alpha value is -2.43. The van der Waals surface area contributed by atoms with Gasteiger partial charge in [-0.25, -0.2) is 4.98 Å². The van der Waals surface area contributed by atoms with Crippen LogP contribution in [-0.4, -0.2) is 39.0 Å². The summed E-state index contributed by atoms with van der Waals surface area (Å²) in [7, 11) is 1.71. The Morgan fingerprint density at radius 1 is 1.33 bits per heavy atom. The number of hydrogen-bond donors (Lipinski definition) is 1. The third-order valence-electron chi connectivity index (χ3n) is 3.45. The van der Waals surface area contributed by atoms with Gasteiger partial charge in [-0.3, -0.25) is 9.78 Å². The summed E-state index contributed by atoms with van der Waals surface area (Å²) in [5.41, 5.74) is 2.15. The molecule has 0 saturated heterocycles. The largest absolute Gasteiger partial charge is 0.505 e. The SMILES string of the molecule is Cc1ccnc(CC(C)N(C)C(=O)c2ncccc2O)c1. The number of hydrogen-bond acceptors (Lipinski definition) is 4. The first kappa shape index (κ1) is 15.0. The summed E-state index contributed by atoms with van der Waals surface area (Å²) in [4.78, 5) is 22.2. The number of pyridine rings is 2. The van der Waals surface area contributed by atoms with Gasteiger partial charge in [0.05, 0.1) is 0 Å². The molecule has 0 aromatic carbocycles. The second-order valence-electron chi connectivity index (χ2n) is 5.16. The van der Waals surface area contributed by atoms with Crippen LogP contribution >= 0.6 is 0 Å². The molecule has 0 aliphatic heterocycles. The highest BCUT2D eigenvalue weighted by molar-refractivity contribution is 5.94. The molecule has 0 aliphatic rings. The van der Waals surface area contributed by atoms with Crippen LogP contribution in [0.5, 0.6) is 5.75 Å². The fraction of sp³-hybridized carbons (Fsp3) is 0.312. The summed E-state index contributed by atoms with van der Waals surface area (Å²) < 4.78 is 0. The standard InChI is InChI=1S/C16H19N3O2/c1-11-6-8-17-13(9-11)10-12(2)19(3)16(21)15-14(20)5-4-7-18-15/h4-9,12,20H,10H2,1-3H3. The molecule has 5 heteroatoms. The number of aromatic hydroxyl groups is 1. The number of aryl methyl sites for hydroxylation is 1. The maximum atomic E-state index is 12.3. The van der Waals surface area contributed by atoms with Crippen LogP contribution in [0.2, 0.25) is 0 Å². The van der Waals surface area contributed by atoms with E-state index >= 15 is 0 Å². The van der Waals surface area contributed by atoms with Gasteiger partial charge in [0, 0.05) is 37.6 Å². The van der Waals surface area contributed by atoms with E-state index in [1.807, 2.05) is 26.0 Å². The number of nitrogens with zero attached hydrogens (tertiary/aromatic N) is 3. The average Bonchev–Trinajstić information content (AvgIpc) is 2.46. The zero-order chi connectivity index (χ0) is 15.4. The molecule has 0 radical (unpaired) electrons. The van der Waals surface area contributed by atoms with Crippen molar-refractivity contribution in [3.05, 3.63) is 53.6 Å². The number of rotatable bonds is 4. The van der Waals surface area contributed by atoms with Gasteiger partial charge in [0.25, 0.3) is 5.91 Å². The lowest BCUT2D eigenvalue weighted by Crippen LogP contribution is -2.37. The van der Waals surface area contributed by atoms with E-state index in [9.17, 15) is 9.90 Å². The predicted molar refractivity (Wildman–Crippen MR) is 80.1 cm³/mol. The topological polar surface area (TPSA) is 66.3 Å². The minimum absolute atomic E-state index is 0.0480. The van der Waals surface area contributed by atoms with E-state index in [1.54, 1.807) is 24.2 Å². The number of amides is 1. The first-order valence-corrected chi connectivity index (χ1v) is 6.81. The van der Waals surface area contributed by atoms with Crippen LogP contribution in [-0.2, 0) is 6.42 Å². The van der Waals surface area contributed by atoms with Crippen molar-refractivity contribution < 1.29 is 9.90 Å². The molecule has 2 rings (SSSR count). The second-order valence-corrected chi connectivity index (χ2v) is 5.16. The van der Waals surface area contributed by atoms with Crippen LogP contribution < -0.4 is 0 Å². The molecule has 0 spiro atoms. The summed E-state index contributed by atoms with van der Waals surface area (Å²) in [5, 5.41) is 9.72. The van der Waals surface area contributed by atoms with E-state index in [1.165, 1.54) is 12.3 Å². The van der Waals surface area contributed by atoms with E-state index in [-0.39, 0.29) is 23.4 Å². The fourth-order valence-electron chi connectivity index (χ4n) is 2.08. The van der Waals surface area contributed by atoms with E-state index in [0.29, 0.717) is 6.42 Å². The third-order valence-corrected chi connectivity index (χ3v) is 3.45. The Balaban J connectivity index is 2.10. The fourth-order valence-corrected chi connectivity index (χ4v) is 2.08. The Morgan fingerprint density at radius 2 is 2.10 bits per heavy atom. The van der Waals surface area contributed by atoms with Crippen molar-refractivity contribution in [2.75, 3.05) is 7.05 Å². The third kappa shape index (κ3) is 3.56. The normalized spacial score (nSPS) is 12.0. The lowest BCUT2D eigenvalue weighted by Gasteiger charge is -2.24. The smallest absolute Gasteiger partial charge is 0.276 e. The number of carbonyl (C=O) groups is 1. The highest BCUT2D eigenvalue weighted by atomic mass is 16.3. The second kappa shape index (κ2) is 6.35. The molecule has 21 heavy (non-hydrogen) atoms. The quantitative estimate of drug-likeness (QED) is 0.935. The van der Waals surface area contributed by atoms with Gasteiger partial charge in [-0.15, -0.1) is 0 Å². The monoisotopic (exact) mass is 285 g/mol. The summed E-state index contributed by atoms with van der Waals surface area (Å²) in [6.07, 6.45) is 3.91. The molecule has 2 aromatic rings. The molecule has 2 heterocycles. The summed E-state index contributed by atoms with van der Waals surface area (Å²) >= 11 is 0. The molecule has 0 fully saturated rings. The summed E-state index contributed by atoms with van der Waals surface area (Å²) in [6, 6.07) is 6.95. The van der Waals surface area contributed by atoms with E-state index < -0.39 is 0 Å². The lowest BCUT2D eigenvalue weighted by molar-refractivity contribution is 0.0733. The van der Waals surface area contributed by atoms with Crippen molar-refractivity contribution in [2.24, 2.45) is 0 Å². The zero-order valence-corrected chi connectivity index (χ0v) is 12.4. The van der Waals surface area contributed by atoms with Crippen LogP contribution in [0.25, 0.3) is 0 Å². The Kier molecular flexibility index (Phi) is 4.52. The van der Waals surface area contributed by atoms with Crippen LogP contribution in [0.1, 0.15) is 28.7 Å². The number of likely N-dealkylation sites (N-methyl/N-ethyl adjacent to an activating group) is 1. The van der Waals surface area contributed by atoms with E-state index in [2.05, 4.69) is 9.97 Å². The van der Waals surface area contributed by atoms with Gasteiger partial charge in [-0.05, 0) is 43.7 Å². The first-order valence-electron chi connectivity index (χ1n) is 6.81. The zero-order valence-electron chi connectivity index (χ0n) is 12.4. The number of carbonyl (C=O) groups excluding carboxylic acids is 1. The highest BCUT2D eigenvalue weighted by Crippen LogP contribution is 2.16. The molecule has 1 atom stereocenters. The molecule has 1 N–H and O–H groups in total. The van der Waals surface area contributed by atoms with Crippen molar-refractivity contribution in [3.63, 3.8) is 0 Å². The van der Waals surface area contributed by atoms with Crippen LogP contribution in [0.3, 0.4) is 0 Å². The summed E-state index contributed by atoms with van der Waals surface area (Å²) in [6.45, 7) is 3.96. The van der Waals surface area contributed by atoms with E-state index in [0.717, 1.165) is 11.3 Å². The molecule has 2 aromatic heterocycles. The maximum absolute atomic E-state index is 12.3. The maximum Gasteiger partial charge on any atom is 0.276 e. The molecule has 1 amide bonds. The van der Waals surface area contributed by atoms with Crippen molar-refractivity contribution in [2.45, 2.75) is 26.3 Å². The number of aromatic nitrogens is 2. The minimum atomic E-state index is -0.298. The van der Waals surface area contributed by atoms with Crippen LogP contribution in [0.15, 0.2) is 36.7 Å². The Bertz CT molecular complexity index is 643. The Morgan fingerprint density at radius 3 is 2.76 bits per heavy atom. The van der Waals surface area contributed by atoms with E-state index in [4.69, 9.17) is 0 Å². The average molecular weight is 285 g/mol. The van der Waals surface area contributed by atoms with Gasteiger partial charge in [-0.1, -0.05) is 0 Å². The van der Waals surface area contributed by atoms with Gasteiger partial charge in [0.1, 0.15) is 5.75 Å². The van der Waals surface area contributed by atoms with Crippen molar-refractivity contribution in [1.82, 2.24) is 14.9 Å². The van der Waals surface area contributed by atoms with Crippen LogP contribution in [0, 0.1) is 6.92 Å². The van der Waals surface area contributed by atoms with Gasteiger partial charge in [0.2, 0.25) is 0 Å². The minimum Gasteiger partial charge on any atom is -0.505 e. The summed E-state index contributed by atoms with van der Waals surface area (Å²) in [5.74, 6) is -0.400. The molecular formula is C16H19N3O2. The van der Waals surface area contributed by atoms with Crippen molar-refractivity contribution >= 4 is 5.91 Å². The molecule has 1 unspecified atom stereocenters. The van der Waals surface area contributed by atoms with Gasteiger partial charge < -0.3 is 10.0 Å². The lowest BCUT2D eigenvalue weighted by atomic mass is 10.1. The van der Waals surface area contributed by atoms with Gasteiger partial charge >= 0.3 is 0 Å². The Labute approximate surface area is 124 Å².